The number of hydrogen-bond acceptors (Lipinski definition) is 10. The molecule has 1 saturated heterocycles. The number of carbonyl (C=O) groups is 5. The zero-order valence-corrected chi connectivity index (χ0v) is 30.4. The number of ether oxygens (including phenoxy) is 2. The summed E-state index contributed by atoms with van der Waals surface area (Å²) >= 11 is 0. The van der Waals surface area contributed by atoms with Gasteiger partial charge in [0.25, 0.3) is 5.91 Å². The number of benzene rings is 1. The van der Waals surface area contributed by atoms with Crippen LogP contribution in [0.15, 0.2) is 55.3 Å². The first-order valence-corrected chi connectivity index (χ1v) is 18.6. The van der Waals surface area contributed by atoms with Gasteiger partial charge in [-0.05, 0) is 66.8 Å². The van der Waals surface area contributed by atoms with E-state index in [4.69, 9.17) is 9.47 Å². The maximum absolute atomic E-state index is 14.1. The Morgan fingerprint density at radius 3 is 2.52 bits per heavy atom. The Kier molecular flexibility index (Phi) is 11.0. The summed E-state index contributed by atoms with van der Waals surface area (Å²) in [4.78, 5) is 71.7. The molecule has 0 unspecified atom stereocenters. The Hall–Kier alpha value is -4.99. The molecule has 5 atom stereocenters. The molecule has 4 N–H and O–H groups in total. The molecule has 1 aliphatic heterocycles. The molecule has 4 amide bonds. The second-order valence-corrected chi connectivity index (χ2v) is 16.5. The highest BCUT2D eigenvalue weighted by molar-refractivity contribution is 7.91. The van der Waals surface area contributed by atoms with E-state index < -0.39 is 68.7 Å². The van der Waals surface area contributed by atoms with Crippen LogP contribution >= 0.6 is 0 Å². The van der Waals surface area contributed by atoms with Crippen molar-refractivity contribution in [2.45, 2.75) is 88.3 Å². The highest BCUT2D eigenvalue weighted by Gasteiger charge is 2.62. The van der Waals surface area contributed by atoms with E-state index in [9.17, 15) is 37.5 Å². The molecule has 2 heterocycles. The summed E-state index contributed by atoms with van der Waals surface area (Å²) in [5.41, 5.74) is -1.89. The van der Waals surface area contributed by atoms with Crippen LogP contribution in [-0.2, 0) is 29.2 Å². The fourth-order valence-corrected chi connectivity index (χ4v) is 7.58. The van der Waals surface area contributed by atoms with E-state index in [-0.39, 0.29) is 49.3 Å². The Balaban J connectivity index is 1.41. The van der Waals surface area contributed by atoms with Crippen LogP contribution in [0.2, 0.25) is 0 Å². The first kappa shape index (κ1) is 38.2. The highest BCUT2D eigenvalue weighted by atomic mass is 32.2. The molecule has 1 aromatic heterocycles. The number of likely N-dealkylation sites (tertiary alicyclic amines) is 1. The summed E-state index contributed by atoms with van der Waals surface area (Å²) in [7, 11) is -2.39. The molecule has 2 saturated carbocycles. The molecule has 52 heavy (non-hydrogen) atoms. The molecule has 0 bridgehead atoms. The molecule has 2 aromatic rings. The molecule has 16 heteroatoms. The normalized spacial score (nSPS) is 23.5. The number of methoxy groups -OCH3 is 1. The third kappa shape index (κ3) is 8.89. The summed E-state index contributed by atoms with van der Waals surface area (Å²) in [5, 5.41) is 15.2. The second-order valence-electron chi connectivity index (χ2n) is 14.6. The lowest BCUT2D eigenvalue weighted by Gasteiger charge is -2.29. The van der Waals surface area contributed by atoms with E-state index in [1.807, 2.05) is 20.8 Å². The van der Waals surface area contributed by atoms with Crippen LogP contribution in [0.3, 0.4) is 0 Å². The number of ketones is 1. The van der Waals surface area contributed by atoms with E-state index in [0.717, 1.165) is 5.39 Å². The average molecular weight is 740 g/mol. The maximum Gasteiger partial charge on any atom is 0.405 e. The number of allylic oxidation sites excluding steroid dienone is 2. The number of carboxylic acid groups (broad SMARTS) is 1. The molecular weight excluding hydrogens is 694 g/mol. The number of carbonyl (C=O) groups excluding carboxylic acids is 4. The van der Waals surface area contributed by atoms with Crippen molar-refractivity contribution in [1.29, 1.82) is 0 Å². The minimum Gasteiger partial charge on any atom is -0.497 e. The average Bonchev–Trinajstić information content (AvgIpc) is 4.01. The largest absolute Gasteiger partial charge is 0.497 e. The van der Waals surface area contributed by atoms with Crippen LogP contribution in [-0.4, -0.2) is 95.6 Å². The van der Waals surface area contributed by atoms with Gasteiger partial charge < -0.3 is 30.1 Å². The van der Waals surface area contributed by atoms with Gasteiger partial charge in [-0.3, -0.25) is 23.9 Å². The zero-order chi connectivity index (χ0) is 38.0. The minimum absolute atomic E-state index is 0.0737. The van der Waals surface area contributed by atoms with Gasteiger partial charge >= 0.3 is 6.09 Å². The van der Waals surface area contributed by atoms with Gasteiger partial charge in [-0.15, -0.1) is 6.58 Å². The lowest BCUT2D eigenvalue weighted by atomic mass is 9.95. The molecule has 0 radical (unpaired) electrons. The van der Waals surface area contributed by atoms with Gasteiger partial charge in [0, 0.05) is 30.3 Å². The summed E-state index contributed by atoms with van der Waals surface area (Å²) in [6.45, 7) is 9.29. The fraction of sp³-hybridized carbons (Fsp3) is 0.500. The third-order valence-electron chi connectivity index (χ3n) is 9.36. The topological polar surface area (TPSA) is 210 Å². The van der Waals surface area contributed by atoms with Gasteiger partial charge in [-0.25, -0.2) is 18.2 Å². The molecule has 3 aliphatic rings. The lowest BCUT2D eigenvalue weighted by molar-refractivity contribution is -0.141. The zero-order valence-electron chi connectivity index (χ0n) is 29.6. The Bertz CT molecular complexity index is 1900. The number of fused-ring (bicyclic) bond motifs is 1. The van der Waals surface area contributed by atoms with E-state index >= 15 is 0 Å². The quantitative estimate of drug-likeness (QED) is 0.154. The van der Waals surface area contributed by atoms with Crippen LogP contribution in [0, 0.1) is 11.3 Å². The van der Waals surface area contributed by atoms with E-state index in [0.29, 0.717) is 24.0 Å². The third-order valence-corrected chi connectivity index (χ3v) is 11.2. The summed E-state index contributed by atoms with van der Waals surface area (Å²) in [5.74, 6) is -2.49. The van der Waals surface area contributed by atoms with Crippen LogP contribution in [0.25, 0.3) is 10.8 Å². The van der Waals surface area contributed by atoms with Gasteiger partial charge in [-0.2, -0.15) is 0 Å². The molecule has 0 spiro atoms. The van der Waals surface area contributed by atoms with Gasteiger partial charge in [0.1, 0.15) is 29.5 Å². The SMILES string of the molecule is C=C[C@@H]1C[C@]1(NC(=O)[C@@H]1C[C@@H](Oc2nccc3cc(OC)ccc23)CN1C(=O)[C@H](CCC(=O)C=CC(C)(C)C)NC(=O)O)C(=O)NS(=O)(=O)C1CC1. The van der Waals surface area contributed by atoms with Crippen molar-refractivity contribution >= 4 is 50.4 Å². The summed E-state index contributed by atoms with van der Waals surface area (Å²) < 4.78 is 39.0. The number of amides is 4. The van der Waals surface area contributed by atoms with Crippen molar-refractivity contribution < 1.29 is 47.0 Å². The van der Waals surface area contributed by atoms with Crippen molar-refractivity contribution in [2.75, 3.05) is 13.7 Å². The van der Waals surface area contributed by atoms with Crippen LogP contribution in [0.4, 0.5) is 4.79 Å². The van der Waals surface area contributed by atoms with Crippen molar-refractivity contribution in [3.63, 3.8) is 0 Å². The lowest BCUT2D eigenvalue weighted by Crippen LogP contribution is -2.58. The van der Waals surface area contributed by atoms with Gasteiger partial charge in [-0.1, -0.05) is 32.9 Å². The molecule has 15 nitrogen and oxygen atoms in total. The van der Waals surface area contributed by atoms with Gasteiger partial charge in [0.05, 0.1) is 18.9 Å². The molecule has 2 aliphatic carbocycles. The van der Waals surface area contributed by atoms with Gasteiger partial charge in [0.15, 0.2) is 5.78 Å². The fourth-order valence-electron chi connectivity index (χ4n) is 6.22. The molecule has 3 fully saturated rings. The number of rotatable bonds is 15. The Labute approximate surface area is 302 Å². The predicted molar refractivity (Wildman–Crippen MR) is 190 cm³/mol. The van der Waals surface area contributed by atoms with Crippen molar-refractivity contribution in [3.05, 3.63) is 55.3 Å². The predicted octanol–water partition coefficient (Wildman–Crippen LogP) is 2.85. The van der Waals surface area contributed by atoms with Gasteiger partial charge in [0.2, 0.25) is 27.7 Å². The monoisotopic (exact) mass is 739 g/mol. The molecule has 280 valence electrons. The van der Waals surface area contributed by atoms with E-state index in [1.54, 1.807) is 37.5 Å². The second kappa shape index (κ2) is 14.9. The maximum atomic E-state index is 14.1. The van der Waals surface area contributed by atoms with E-state index in [1.165, 1.54) is 23.2 Å². The van der Waals surface area contributed by atoms with Crippen LogP contribution < -0.4 is 24.8 Å². The number of sulfonamides is 1. The number of nitrogens with zero attached hydrogens (tertiary/aromatic N) is 2. The number of hydrogen-bond donors (Lipinski definition) is 4. The molecular formula is C36H45N5O10S. The number of nitrogens with one attached hydrogen (secondary N) is 3. The summed E-state index contributed by atoms with van der Waals surface area (Å²) in [6, 6.07) is 4.39. The Morgan fingerprint density at radius 2 is 1.90 bits per heavy atom. The number of pyridine rings is 1. The van der Waals surface area contributed by atoms with Crippen molar-refractivity contribution in [3.8, 4) is 11.6 Å². The first-order valence-electron chi connectivity index (χ1n) is 17.1. The van der Waals surface area contributed by atoms with Crippen LogP contribution in [0.1, 0.15) is 59.3 Å². The van der Waals surface area contributed by atoms with Crippen molar-refractivity contribution in [2.24, 2.45) is 11.3 Å². The standard InChI is InChI=1S/C36H45N5O10S/c1-6-22-19-36(22,33(45)40-52(48,49)26-9-10-26)39-30(43)29-18-25(51-31-27-11-8-24(50-5)17-21(27)14-16-37-31)20-41(29)32(44)28(38-34(46)47)12-7-23(42)13-15-35(2,3)4/h6,8,11,13-17,22,25-26,28-29,38H,1,7,9-10,12,18-20H2,2-5H3,(H,39,43)(H,40,45)(H,46,47)/t22-,25-,28+,29+,36-/m1/s1. The van der Waals surface area contributed by atoms with Crippen molar-refractivity contribution in [1.82, 2.24) is 25.2 Å². The minimum atomic E-state index is -3.94. The number of aromatic nitrogens is 1. The summed E-state index contributed by atoms with van der Waals surface area (Å²) in [6.07, 6.45) is 4.31. The smallest absolute Gasteiger partial charge is 0.405 e. The molecule has 5 rings (SSSR count). The Morgan fingerprint density at radius 1 is 1.17 bits per heavy atom. The molecule has 1 aromatic carbocycles. The highest BCUT2D eigenvalue weighted by Crippen LogP contribution is 2.45. The van der Waals surface area contributed by atoms with E-state index in [2.05, 4.69) is 26.9 Å². The first-order chi connectivity index (χ1) is 24.5. The van der Waals surface area contributed by atoms with Crippen LogP contribution in [0.5, 0.6) is 11.6 Å².